The minimum atomic E-state index is 0.691. The van der Waals surface area contributed by atoms with E-state index in [1.807, 2.05) is 16.8 Å². The third kappa shape index (κ3) is 5.46. The molecule has 36 heavy (non-hydrogen) atoms. The Balaban J connectivity index is 1.11. The summed E-state index contributed by atoms with van der Waals surface area (Å²) in [6.45, 7) is 5.18. The standard InChI is InChI=1S/C29H36N6O/c1-2-7-24(8-3-1)21-34-22-25(20-30-34)27-9-6-10-29-31-28(32-35(27)29)19-23-11-13-26(14-12-23)36-18-17-33-15-4-5-16-33/h6,9-14,20,22,24H,1-5,7-8,15-19,21H2. The molecule has 1 aromatic carbocycles. The molecular weight excluding hydrogens is 448 g/mol. The van der Waals surface area contributed by atoms with Crippen molar-refractivity contribution in [3.63, 3.8) is 0 Å². The summed E-state index contributed by atoms with van der Waals surface area (Å²) < 4.78 is 10.0. The van der Waals surface area contributed by atoms with Gasteiger partial charge in [-0.15, -0.1) is 0 Å². The largest absolute Gasteiger partial charge is 0.492 e. The average molecular weight is 485 g/mol. The maximum atomic E-state index is 5.95. The van der Waals surface area contributed by atoms with E-state index in [1.54, 1.807) is 0 Å². The topological polar surface area (TPSA) is 60.5 Å². The van der Waals surface area contributed by atoms with E-state index >= 15 is 0 Å². The lowest BCUT2D eigenvalue weighted by molar-refractivity contribution is 0.238. The molecule has 0 amide bonds. The Hall–Kier alpha value is -3.19. The van der Waals surface area contributed by atoms with Crippen LogP contribution in [0.3, 0.4) is 0 Å². The molecule has 1 saturated heterocycles. The number of likely N-dealkylation sites (tertiary alicyclic amines) is 1. The van der Waals surface area contributed by atoms with Gasteiger partial charge in [-0.1, -0.05) is 37.5 Å². The molecular formula is C29H36N6O. The molecule has 3 aromatic heterocycles. The highest BCUT2D eigenvalue weighted by atomic mass is 16.5. The highest BCUT2D eigenvalue weighted by Crippen LogP contribution is 2.26. The van der Waals surface area contributed by atoms with Gasteiger partial charge in [-0.25, -0.2) is 9.50 Å². The number of ether oxygens (including phenoxy) is 1. The molecule has 2 aliphatic rings. The molecule has 2 fully saturated rings. The summed E-state index contributed by atoms with van der Waals surface area (Å²) in [6.07, 6.45) is 14.2. The summed E-state index contributed by atoms with van der Waals surface area (Å²) in [6, 6.07) is 14.5. The van der Waals surface area contributed by atoms with E-state index < -0.39 is 0 Å². The van der Waals surface area contributed by atoms with Gasteiger partial charge < -0.3 is 4.74 Å². The van der Waals surface area contributed by atoms with Gasteiger partial charge in [0, 0.05) is 31.3 Å². The molecule has 1 saturated carbocycles. The van der Waals surface area contributed by atoms with Crippen LogP contribution in [0.25, 0.3) is 16.9 Å². The molecule has 7 nitrogen and oxygen atoms in total. The molecule has 188 valence electrons. The first kappa shape index (κ1) is 23.2. The van der Waals surface area contributed by atoms with Crippen LogP contribution in [0.5, 0.6) is 5.75 Å². The van der Waals surface area contributed by atoms with E-state index in [0.717, 1.165) is 54.1 Å². The molecule has 7 heteroatoms. The van der Waals surface area contributed by atoms with Crippen molar-refractivity contribution in [1.82, 2.24) is 29.3 Å². The van der Waals surface area contributed by atoms with Gasteiger partial charge in [-0.3, -0.25) is 9.58 Å². The third-order valence-corrected chi connectivity index (χ3v) is 7.66. The molecule has 0 radical (unpaired) electrons. The van der Waals surface area contributed by atoms with Crippen molar-refractivity contribution < 1.29 is 4.74 Å². The number of pyridine rings is 1. The smallest absolute Gasteiger partial charge is 0.156 e. The van der Waals surface area contributed by atoms with Crippen LogP contribution < -0.4 is 4.74 Å². The lowest BCUT2D eigenvalue weighted by Crippen LogP contribution is -2.25. The van der Waals surface area contributed by atoms with Gasteiger partial charge in [0.15, 0.2) is 11.5 Å². The number of benzene rings is 1. The number of nitrogens with zero attached hydrogens (tertiary/aromatic N) is 6. The van der Waals surface area contributed by atoms with Crippen LogP contribution in [-0.2, 0) is 13.0 Å². The Morgan fingerprint density at radius 2 is 1.75 bits per heavy atom. The summed E-state index contributed by atoms with van der Waals surface area (Å²) in [5.74, 6) is 2.50. The highest BCUT2D eigenvalue weighted by molar-refractivity contribution is 5.61. The lowest BCUT2D eigenvalue weighted by atomic mass is 9.89. The molecule has 4 aromatic rings. The van der Waals surface area contributed by atoms with Crippen LogP contribution in [0.1, 0.15) is 56.3 Å². The van der Waals surface area contributed by atoms with Crippen LogP contribution in [0.2, 0.25) is 0 Å². The van der Waals surface area contributed by atoms with Gasteiger partial charge in [0.1, 0.15) is 12.4 Å². The Morgan fingerprint density at radius 3 is 2.58 bits per heavy atom. The summed E-state index contributed by atoms with van der Waals surface area (Å²) in [4.78, 5) is 7.27. The molecule has 6 rings (SSSR count). The molecule has 0 unspecified atom stereocenters. The van der Waals surface area contributed by atoms with Crippen LogP contribution in [0.15, 0.2) is 54.9 Å². The molecule has 0 spiro atoms. The zero-order chi connectivity index (χ0) is 24.2. The summed E-state index contributed by atoms with van der Waals surface area (Å²) in [5, 5.41) is 9.52. The number of fused-ring (bicyclic) bond motifs is 1. The first-order valence-electron chi connectivity index (χ1n) is 13.6. The van der Waals surface area contributed by atoms with Gasteiger partial charge >= 0.3 is 0 Å². The summed E-state index contributed by atoms with van der Waals surface area (Å²) in [5.41, 5.74) is 4.16. The van der Waals surface area contributed by atoms with Gasteiger partial charge in [0.05, 0.1) is 11.9 Å². The third-order valence-electron chi connectivity index (χ3n) is 7.66. The Labute approximate surface area is 213 Å². The summed E-state index contributed by atoms with van der Waals surface area (Å²) in [7, 11) is 0. The second-order valence-corrected chi connectivity index (χ2v) is 10.4. The normalized spacial score (nSPS) is 17.2. The zero-order valence-electron chi connectivity index (χ0n) is 21.1. The first-order chi connectivity index (χ1) is 17.8. The van der Waals surface area contributed by atoms with Crippen LogP contribution >= 0.6 is 0 Å². The van der Waals surface area contributed by atoms with Crippen molar-refractivity contribution >= 4 is 5.65 Å². The van der Waals surface area contributed by atoms with Gasteiger partial charge in [-0.2, -0.15) is 10.2 Å². The van der Waals surface area contributed by atoms with E-state index in [0.29, 0.717) is 6.42 Å². The van der Waals surface area contributed by atoms with Gasteiger partial charge in [0.2, 0.25) is 0 Å². The van der Waals surface area contributed by atoms with E-state index in [1.165, 1.54) is 63.6 Å². The highest BCUT2D eigenvalue weighted by Gasteiger charge is 2.16. The molecule has 0 atom stereocenters. The van der Waals surface area contributed by atoms with Crippen molar-refractivity contribution in [3.05, 3.63) is 66.2 Å². The number of hydrogen-bond donors (Lipinski definition) is 0. The SMILES string of the molecule is c1cc(-c2cnn(CC3CCCCC3)c2)n2nc(Cc3ccc(OCCN4CCCC4)cc3)nc2c1. The molecule has 0 bridgehead atoms. The van der Waals surface area contributed by atoms with Gasteiger partial charge in [-0.05, 0) is 74.5 Å². The predicted octanol–water partition coefficient (Wildman–Crippen LogP) is 5.24. The van der Waals surface area contributed by atoms with E-state index in [-0.39, 0.29) is 0 Å². The second kappa shape index (κ2) is 10.8. The molecule has 1 aliphatic carbocycles. The average Bonchev–Trinajstić information content (AvgIpc) is 3.67. The van der Waals surface area contributed by atoms with Crippen LogP contribution in [-0.4, -0.2) is 55.5 Å². The maximum Gasteiger partial charge on any atom is 0.156 e. The van der Waals surface area contributed by atoms with Crippen molar-refractivity contribution in [2.45, 2.75) is 57.9 Å². The minimum absolute atomic E-state index is 0.691. The lowest BCUT2D eigenvalue weighted by Gasteiger charge is -2.21. The summed E-state index contributed by atoms with van der Waals surface area (Å²) >= 11 is 0. The van der Waals surface area contributed by atoms with E-state index in [2.05, 4.69) is 57.3 Å². The van der Waals surface area contributed by atoms with Crippen LogP contribution in [0.4, 0.5) is 0 Å². The quantitative estimate of drug-likeness (QED) is 0.325. The number of hydrogen-bond acceptors (Lipinski definition) is 5. The molecule has 1 aliphatic heterocycles. The Bertz CT molecular complexity index is 1260. The van der Waals surface area contributed by atoms with E-state index in [9.17, 15) is 0 Å². The predicted molar refractivity (Wildman–Crippen MR) is 141 cm³/mol. The molecule has 0 N–H and O–H groups in total. The van der Waals surface area contributed by atoms with Crippen molar-refractivity contribution in [2.24, 2.45) is 5.92 Å². The first-order valence-corrected chi connectivity index (χ1v) is 13.6. The van der Waals surface area contributed by atoms with E-state index in [4.69, 9.17) is 14.8 Å². The Morgan fingerprint density at radius 1 is 0.917 bits per heavy atom. The number of rotatable bonds is 9. The fourth-order valence-corrected chi connectivity index (χ4v) is 5.66. The van der Waals surface area contributed by atoms with Crippen LogP contribution in [0, 0.1) is 5.92 Å². The van der Waals surface area contributed by atoms with Crippen molar-refractivity contribution in [2.75, 3.05) is 26.2 Å². The Kier molecular flexibility index (Phi) is 6.98. The monoisotopic (exact) mass is 484 g/mol. The second-order valence-electron chi connectivity index (χ2n) is 10.4. The zero-order valence-corrected chi connectivity index (χ0v) is 21.1. The van der Waals surface area contributed by atoms with Gasteiger partial charge in [0.25, 0.3) is 0 Å². The maximum absolute atomic E-state index is 5.95. The fraction of sp³-hybridized carbons (Fsp3) is 0.483. The molecule has 4 heterocycles. The van der Waals surface area contributed by atoms with Crippen molar-refractivity contribution in [3.8, 4) is 17.0 Å². The van der Waals surface area contributed by atoms with Crippen molar-refractivity contribution in [1.29, 1.82) is 0 Å². The number of aromatic nitrogens is 5. The minimum Gasteiger partial charge on any atom is -0.492 e. The fourth-order valence-electron chi connectivity index (χ4n) is 5.66.